The summed E-state index contributed by atoms with van der Waals surface area (Å²) in [5, 5.41) is 0. The van der Waals surface area contributed by atoms with Crippen molar-refractivity contribution in [2.45, 2.75) is 0 Å². The molecule has 0 bridgehead atoms. The fraction of sp³-hybridized carbons (Fsp3) is 0.167. The average Bonchev–Trinajstić information content (AvgIpc) is 1.93. The lowest BCUT2D eigenvalue weighted by molar-refractivity contribution is 0.877. The number of nitrogens with two attached hydrogens (primary N) is 2. The van der Waals surface area contributed by atoms with Crippen molar-refractivity contribution < 1.29 is 0 Å². The van der Waals surface area contributed by atoms with Crippen LogP contribution >= 0.6 is 0 Å². The number of nitrogens with zero attached hydrogens (tertiary/aromatic N) is 1. The van der Waals surface area contributed by atoms with Gasteiger partial charge >= 0.3 is 0 Å². The van der Waals surface area contributed by atoms with E-state index in [1.807, 2.05) is 0 Å². The summed E-state index contributed by atoms with van der Waals surface area (Å²) in [5.74, 6) is 0.313. The standard InChI is InChI=1S/C6H9N3O/c1-9-5(10)3-2-4(7)6(9)8/h2-3H,7-8H2,1H3. The smallest absolute Gasteiger partial charge is 0.251 e. The fourth-order valence-electron chi connectivity index (χ4n) is 0.671. The quantitative estimate of drug-likeness (QED) is 0.511. The van der Waals surface area contributed by atoms with E-state index in [2.05, 4.69) is 0 Å². The van der Waals surface area contributed by atoms with E-state index < -0.39 is 0 Å². The van der Waals surface area contributed by atoms with E-state index in [1.165, 1.54) is 16.7 Å². The normalized spacial score (nSPS) is 9.70. The van der Waals surface area contributed by atoms with Crippen LogP contribution in [0.1, 0.15) is 0 Å². The molecule has 4 heteroatoms. The summed E-state index contributed by atoms with van der Waals surface area (Å²) in [6.07, 6.45) is 0. The van der Waals surface area contributed by atoms with E-state index in [0.717, 1.165) is 0 Å². The molecule has 1 aromatic rings. The molecule has 1 aromatic heterocycles. The second-order valence-electron chi connectivity index (χ2n) is 2.07. The summed E-state index contributed by atoms with van der Waals surface area (Å²) >= 11 is 0. The van der Waals surface area contributed by atoms with Gasteiger partial charge in [-0.15, -0.1) is 0 Å². The van der Waals surface area contributed by atoms with Crippen LogP contribution in [0.5, 0.6) is 0 Å². The van der Waals surface area contributed by atoms with Crippen LogP contribution in [0.15, 0.2) is 16.9 Å². The zero-order valence-corrected chi connectivity index (χ0v) is 5.66. The number of hydrogen-bond acceptors (Lipinski definition) is 3. The molecule has 0 aliphatic carbocycles. The van der Waals surface area contributed by atoms with Gasteiger partial charge in [-0.05, 0) is 6.07 Å². The maximum absolute atomic E-state index is 10.8. The van der Waals surface area contributed by atoms with Crippen LogP contribution in [0.25, 0.3) is 0 Å². The molecule has 0 unspecified atom stereocenters. The molecule has 0 saturated carbocycles. The van der Waals surface area contributed by atoms with Crippen LogP contribution in [0.3, 0.4) is 0 Å². The van der Waals surface area contributed by atoms with Gasteiger partial charge in [0.2, 0.25) is 0 Å². The zero-order chi connectivity index (χ0) is 7.72. The van der Waals surface area contributed by atoms with E-state index in [1.54, 1.807) is 7.05 Å². The second-order valence-corrected chi connectivity index (χ2v) is 2.07. The molecule has 0 aliphatic heterocycles. The Morgan fingerprint density at radius 1 is 1.40 bits per heavy atom. The van der Waals surface area contributed by atoms with Crippen molar-refractivity contribution in [1.82, 2.24) is 4.57 Å². The van der Waals surface area contributed by atoms with Gasteiger partial charge in [0.05, 0.1) is 5.69 Å². The molecule has 0 aromatic carbocycles. The van der Waals surface area contributed by atoms with Gasteiger partial charge in [0.1, 0.15) is 5.82 Å². The minimum atomic E-state index is -0.147. The molecule has 4 nitrogen and oxygen atoms in total. The molecular formula is C6H9N3O. The van der Waals surface area contributed by atoms with Crippen LogP contribution < -0.4 is 17.0 Å². The SMILES string of the molecule is Cn1c(N)c(N)ccc1=O. The van der Waals surface area contributed by atoms with Gasteiger partial charge in [0, 0.05) is 13.1 Å². The van der Waals surface area contributed by atoms with Crippen LogP contribution in [-0.4, -0.2) is 4.57 Å². The topological polar surface area (TPSA) is 74.0 Å². The average molecular weight is 139 g/mol. The lowest BCUT2D eigenvalue weighted by atomic mass is 10.4. The summed E-state index contributed by atoms with van der Waals surface area (Å²) in [6.45, 7) is 0. The highest BCUT2D eigenvalue weighted by Gasteiger charge is 1.97. The number of aromatic nitrogens is 1. The van der Waals surface area contributed by atoms with E-state index in [9.17, 15) is 4.79 Å². The Hall–Kier alpha value is -1.45. The first-order valence-electron chi connectivity index (χ1n) is 2.84. The molecule has 10 heavy (non-hydrogen) atoms. The molecule has 0 spiro atoms. The molecule has 4 N–H and O–H groups in total. The lowest BCUT2D eigenvalue weighted by Gasteiger charge is -2.03. The van der Waals surface area contributed by atoms with Crippen LogP contribution in [0.4, 0.5) is 11.5 Å². The monoisotopic (exact) mass is 139 g/mol. The summed E-state index contributed by atoms with van der Waals surface area (Å²) in [5.41, 5.74) is 11.1. The minimum Gasteiger partial charge on any atom is -0.396 e. The third-order valence-corrected chi connectivity index (χ3v) is 1.39. The predicted octanol–water partition coefficient (Wildman–Crippen LogP) is -0.450. The Morgan fingerprint density at radius 2 is 2.00 bits per heavy atom. The van der Waals surface area contributed by atoms with E-state index >= 15 is 0 Å². The third kappa shape index (κ3) is 0.834. The Morgan fingerprint density at radius 3 is 2.50 bits per heavy atom. The Bertz CT molecular complexity index is 302. The lowest BCUT2D eigenvalue weighted by Crippen LogP contribution is -2.19. The number of pyridine rings is 1. The zero-order valence-electron chi connectivity index (χ0n) is 5.66. The first kappa shape index (κ1) is 6.67. The third-order valence-electron chi connectivity index (χ3n) is 1.39. The molecule has 0 saturated heterocycles. The van der Waals surface area contributed by atoms with Gasteiger partial charge in [-0.1, -0.05) is 0 Å². The summed E-state index contributed by atoms with van der Waals surface area (Å²) in [7, 11) is 1.58. The van der Waals surface area contributed by atoms with Crippen molar-refractivity contribution in [2.24, 2.45) is 7.05 Å². The van der Waals surface area contributed by atoms with E-state index in [4.69, 9.17) is 11.5 Å². The van der Waals surface area contributed by atoms with Gasteiger partial charge in [0.15, 0.2) is 0 Å². The highest BCUT2D eigenvalue weighted by Crippen LogP contribution is 2.07. The van der Waals surface area contributed by atoms with Gasteiger partial charge < -0.3 is 11.5 Å². The molecule has 0 fully saturated rings. The predicted molar refractivity (Wildman–Crippen MR) is 40.5 cm³/mol. The number of anilines is 2. The first-order valence-corrected chi connectivity index (χ1v) is 2.84. The van der Waals surface area contributed by atoms with Crippen molar-refractivity contribution in [1.29, 1.82) is 0 Å². The molecule has 0 atom stereocenters. The maximum Gasteiger partial charge on any atom is 0.251 e. The number of nitrogen functional groups attached to an aromatic ring is 2. The molecule has 0 amide bonds. The van der Waals surface area contributed by atoms with Crippen LogP contribution in [0, 0.1) is 0 Å². The first-order chi connectivity index (χ1) is 4.63. The van der Waals surface area contributed by atoms with Gasteiger partial charge in [-0.2, -0.15) is 0 Å². The maximum atomic E-state index is 10.8. The van der Waals surface area contributed by atoms with Crippen LogP contribution in [0.2, 0.25) is 0 Å². The van der Waals surface area contributed by atoms with Crippen molar-refractivity contribution in [2.75, 3.05) is 11.5 Å². The summed E-state index contributed by atoms with van der Waals surface area (Å²) < 4.78 is 1.30. The van der Waals surface area contributed by atoms with Crippen molar-refractivity contribution in [3.63, 3.8) is 0 Å². The van der Waals surface area contributed by atoms with Gasteiger partial charge in [0.25, 0.3) is 5.56 Å². The Kier molecular flexibility index (Phi) is 1.37. The minimum absolute atomic E-state index is 0.147. The molecule has 0 radical (unpaired) electrons. The highest BCUT2D eigenvalue weighted by molar-refractivity contribution is 5.57. The molecular weight excluding hydrogens is 130 g/mol. The van der Waals surface area contributed by atoms with Crippen molar-refractivity contribution in [3.8, 4) is 0 Å². The molecule has 0 aliphatic rings. The largest absolute Gasteiger partial charge is 0.396 e. The van der Waals surface area contributed by atoms with Crippen molar-refractivity contribution >= 4 is 11.5 Å². The molecule has 1 rings (SSSR count). The highest BCUT2D eigenvalue weighted by atomic mass is 16.1. The summed E-state index contributed by atoms with van der Waals surface area (Å²) in [6, 6.07) is 2.88. The second kappa shape index (κ2) is 2.06. The number of hydrogen-bond donors (Lipinski definition) is 2. The fourth-order valence-corrected chi connectivity index (χ4v) is 0.671. The van der Waals surface area contributed by atoms with Crippen LogP contribution in [-0.2, 0) is 7.05 Å². The van der Waals surface area contributed by atoms with Gasteiger partial charge in [-0.25, -0.2) is 0 Å². The van der Waals surface area contributed by atoms with E-state index in [0.29, 0.717) is 11.5 Å². The molecule has 54 valence electrons. The molecule has 1 heterocycles. The number of rotatable bonds is 0. The Balaban J connectivity index is 3.49. The van der Waals surface area contributed by atoms with Crippen molar-refractivity contribution in [3.05, 3.63) is 22.5 Å². The summed E-state index contributed by atoms with van der Waals surface area (Å²) in [4.78, 5) is 10.8. The Labute approximate surface area is 58.1 Å². The van der Waals surface area contributed by atoms with Gasteiger partial charge in [-0.3, -0.25) is 9.36 Å². The van der Waals surface area contributed by atoms with E-state index in [-0.39, 0.29) is 5.56 Å².